The molecule has 2 aromatic carbocycles. The molecule has 0 aromatic heterocycles. The minimum absolute atomic E-state index is 0.426. The summed E-state index contributed by atoms with van der Waals surface area (Å²) in [5.74, 6) is 0. The van der Waals surface area contributed by atoms with Crippen LogP contribution in [0.3, 0.4) is 0 Å². The molecule has 0 saturated carbocycles. The van der Waals surface area contributed by atoms with Crippen LogP contribution in [0.25, 0.3) is 11.1 Å². The van der Waals surface area contributed by atoms with Crippen molar-refractivity contribution in [1.82, 2.24) is 0 Å². The van der Waals surface area contributed by atoms with Gasteiger partial charge in [-0.3, -0.25) is 0 Å². The molecule has 1 unspecified atom stereocenters. The molecule has 2 nitrogen and oxygen atoms in total. The van der Waals surface area contributed by atoms with Gasteiger partial charge in [-0.05, 0) is 23.3 Å². The molecule has 0 spiro atoms. The highest BCUT2D eigenvalue weighted by Gasteiger charge is 2.00. The lowest BCUT2D eigenvalue weighted by Crippen LogP contribution is -1.87. The van der Waals surface area contributed by atoms with E-state index in [0.29, 0.717) is 4.90 Å². The molecule has 0 heterocycles. The van der Waals surface area contributed by atoms with E-state index >= 15 is 0 Å². The number of hydrogen-bond acceptors (Lipinski definition) is 1. The van der Waals surface area contributed by atoms with Crippen molar-refractivity contribution in [3.05, 3.63) is 54.6 Å². The summed E-state index contributed by atoms with van der Waals surface area (Å²) in [5, 5.41) is 0. The Morgan fingerprint density at radius 1 is 0.800 bits per heavy atom. The van der Waals surface area contributed by atoms with Crippen LogP contribution in [0.15, 0.2) is 59.5 Å². The van der Waals surface area contributed by atoms with E-state index in [2.05, 4.69) is 0 Å². The Morgan fingerprint density at radius 2 is 1.33 bits per heavy atom. The lowest BCUT2D eigenvalue weighted by atomic mass is 10.1. The third-order valence-corrected chi connectivity index (χ3v) is 2.84. The van der Waals surface area contributed by atoms with Crippen molar-refractivity contribution in [2.75, 3.05) is 0 Å². The molecule has 76 valence electrons. The van der Waals surface area contributed by atoms with E-state index in [1.807, 2.05) is 42.5 Å². The zero-order valence-corrected chi connectivity index (χ0v) is 8.78. The molecule has 15 heavy (non-hydrogen) atoms. The van der Waals surface area contributed by atoms with Crippen LogP contribution in [-0.2, 0) is 11.1 Å². The van der Waals surface area contributed by atoms with Gasteiger partial charge in [0.25, 0.3) is 0 Å². The van der Waals surface area contributed by atoms with Crippen molar-refractivity contribution in [2.45, 2.75) is 4.90 Å². The van der Waals surface area contributed by atoms with Crippen molar-refractivity contribution >= 4 is 11.1 Å². The normalized spacial score (nSPS) is 12.3. The third-order valence-electron chi connectivity index (χ3n) is 2.16. The summed E-state index contributed by atoms with van der Waals surface area (Å²) < 4.78 is 19.6. The smallest absolute Gasteiger partial charge is 0.186 e. The first-order chi connectivity index (χ1) is 7.27. The average molecular weight is 218 g/mol. The zero-order chi connectivity index (χ0) is 10.7. The molecule has 3 heteroatoms. The molecule has 0 aliphatic heterocycles. The first kappa shape index (κ1) is 10.1. The highest BCUT2D eigenvalue weighted by molar-refractivity contribution is 7.79. The molecule has 0 radical (unpaired) electrons. The van der Waals surface area contributed by atoms with Gasteiger partial charge in [0.2, 0.25) is 0 Å². The van der Waals surface area contributed by atoms with Crippen LogP contribution >= 0.6 is 0 Å². The first-order valence-electron chi connectivity index (χ1n) is 4.54. The van der Waals surface area contributed by atoms with Gasteiger partial charge in [-0.1, -0.05) is 42.5 Å². The minimum Gasteiger partial charge on any atom is -0.302 e. The standard InChI is InChI=1S/C12H10O2S/c13-15(14)12-8-6-11(7-9-12)10-4-2-1-3-5-10/h1-9H,(H,13,14). The predicted octanol–water partition coefficient (Wildman–Crippen LogP) is 2.93. The molecule has 0 aliphatic rings. The van der Waals surface area contributed by atoms with Crippen LogP contribution in [0, 0.1) is 0 Å². The number of benzene rings is 2. The van der Waals surface area contributed by atoms with E-state index in [0.717, 1.165) is 11.1 Å². The minimum atomic E-state index is -1.89. The first-order valence-corrected chi connectivity index (χ1v) is 5.64. The summed E-state index contributed by atoms with van der Waals surface area (Å²) >= 11 is -1.89. The van der Waals surface area contributed by atoms with Gasteiger partial charge in [-0.25, -0.2) is 4.21 Å². The highest BCUT2D eigenvalue weighted by atomic mass is 32.2. The second-order valence-corrected chi connectivity index (χ2v) is 4.11. The fourth-order valence-electron chi connectivity index (χ4n) is 1.39. The van der Waals surface area contributed by atoms with Gasteiger partial charge in [0.05, 0.1) is 4.90 Å². The van der Waals surface area contributed by atoms with Crippen LogP contribution in [-0.4, -0.2) is 8.76 Å². The maximum Gasteiger partial charge on any atom is 0.186 e. The van der Waals surface area contributed by atoms with Crippen molar-refractivity contribution in [3.8, 4) is 11.1 Å². The lowest BCUT2D eigenvalue weighted by Gasteiger charge is -2.01. The molecule has 0 saturated heterocycles. The fourth-order valence-corrected chi connectivity index (χ4v) is 1.76. The predicted molar refractivity (Wildman–Crippen MR) is 60.9 cm³/mol. The largest absolute Gasteiger partial charge is 0.302 e. The fraction of sp³-hybridized carbons (Fsp3) is 0. The van der Waals surface area contributed by atoms with Crippen LogP contribution in [0.1, 0.15) is 0 Å². The van der Waals surface area contributed by atoms with Crippen molar-refractivity contribution in [2.24, 2.45) is 0 Å². The van der Waals surface area contributed by atoms with Crippen LogP contribution < -0.4 is 0 Å². The SMILES string of the molecule is O=S(O)c1ccc(-c2ccccc2)cc1. The molecule has 1 atom stereocenters. The molecular formula is C12H10O2S. The molecule has 0 amide bonds. The van der Waals surface area contributed by atoms with E-state index < -0.39 is 11.1 Å². The van der Waals surface area contributed by atoms with Crippen molar-refractivity contribution < 1.29 is 8.76 Å². The Balaban J connectivity index is 2.36. The summed E-state index contributed by atoms with van der Waals surface area (Å²) in [4.78, 5) is 0.426. The van der Waals surface area contributed by atoms with Gasteiger partial charge in [0, 0.05) is 0 Å². The Hall–Kier alpha value is -1.45. The number of hydrogen-bond donors (Lipinski definition) is 1. The summed E-state index contributed by atoms with van der Waals surface area (Å²) in [6.45, 7) is 0. The third kappa shape index (κ3) is 2.32. The van der Waals surface area contributed by atoms with Gasteiger partial charge in [-0.15, -0.1) is 0 Å². The van der Waals surface area contributed by atoms with Crippen molar-refractivity contribution in [3.63, 3.8) is 0 Å². The van der Waals surface area contributed by atoms with Crippen LogP contribution in [0.2, 0.25) is 0 Å². The molecule has 0 bridgehead atoms. The highest BCUT2D eigenvalue weighted by Crippen LogP contribution is 2.19. The summed E-state index contributed by atoms with van der Waals surface area (Å²) in [6.07, 6.45) is 0. The molecule has 1 N–H and O–H groups in total. The van der Waals surface area contributed by atoms with Crippen molar-refractivity contribution in [1.29, 1.82) is 0 Å². The Morgan fingerprint density at radius 3 is 1.87 bits per heavy atom. The van der Waals surface area contributed by atoms with Gasteiger partial charge in [0.1, 0.15) is 0 Å². The molecule has 2 rings (SSSR count). The maximum absolute atomic E-state index is 10.8. The van der Waals surface area contributed by atoms with Gasteiger partial charge in [-0.2, -0.15) is 0 Å². The average Bonchev–Trinajstić information content (AvgIpc) is 2.30. The molecule has 0 fully saturated rings. The summed E-state index contributed by atoms with van der Waals surface area (Å²) in [7, 11) is 0. The summed E-state index contributed by atoms with van der Waals surface area (Å²) in [5.41, 5.74) is 2.15. The van der Waals surface area contributed by atoms with Crippen LogP contribution in [0.5, 0.6) is 0 Å². The Labute approximate surface area is 90.9 Å². The monoisotopic (exact) mass is 218 g/mol. The second kappa shape index (κ2) is 4.38. The Bertz CT molecular complexity index is 463. The van der Waals surface area contributed by atoms with Gasteiger partial charge < -0.3 is 4.55 Å². The van der Waals surface area contributed by atoms with E-state index in [1.54, 1.807) is 12.1 Å². The van der Waals surface area contributed by atoms with E-state index in [-0.39, 0.29) is 0 Å². The van der Waals surface area contributed by atoms with E-state index in [4.69, 9.17) is 4.55 Å². The summed E-state index contributed by atoms with van der Waals surface area (Å²) in [6, 6.07) is 16.9. The zero-order valence-electron chi connectivity index (χ0n) is 7.96. The van der Waals surface area contributed by atoms with Gasteiger partial charge >= 0.3 is 0 Å². The lowest BCUT2D eigenvalue weighted by molar-refractivity contribution is 0.564. The number of rotatable bonds is 2. The second-order valence-electron chi connectivity index (χ2n) is 3.14. The topological polar surface area (TPSA) is 37.3 Å². The maximum atomic E-state index is 10.8. The van der Waals surface area contributed by atoms with E-state index in [1.165, 1.54) is 0 Å². The quantitative estimate of drug-likeness (QED) is 0.787. The van der Waals surface area contributed by atoms with Gasteiger partial charge in [0.15, 0.2) is 11.1 Å². The van der Waals surface area contributed by atoms with E-state index in [9.17, 15) is 4.21 Å². The van der Waals surface area contributed by atoms with Crippen LogP contribution in [0.4, 0.5) is 0 Å². The molecular weight excluding hydrogens is 208 g/mol. The molecule has 0 aliphatic carbocycles. The Kier molecular flexibility index (Phi) is 2.94. The molecule has 2 aromatic rings.